The van der Waals surface area contributed by atoms with Crippen molar-refractivity contribution in [2.24, 2.45) is 0 Å². The van der Waals surface area contributed by atoms with Crippen LogP contribution in [0.3, 0.4) is 0 Å². The van der Waals surface area contributed by atoms with E-state index in [1.165, 1.54) is 12.1 Å². The summed E-state index contributed by atoms with van der Waals surface area (Å²) in [5.41, 5.74) is 1.85. The van der Waals surface area contributed by atoms with E-state index < -0.39 is 0 Å². The van der Waals surface area contributed by atoms with E-state index in [1.54, 1.807) is 43.0 Å². The minimum absolute atomic E-state index is 0.0735. The van der Waals surface area contributed by atoms with Crippen LogP contribution in [0.4, 0.5) is 4.39 Å². The number of benzene rings is 2. The fourth-order valence-electron chi connectivity index (χ4n) is 2.69. The van der Waals surface area contributed by atoms with Crippen molar-refractivity contribution in [2.45, 2.75) is 31.2 Å². The second-order valence-corrected chi connectivity index (χ2v) is 7.68. The van der Waals surface area contributed by atoms with Crippen molar-refractivity contribution in [3.63, 3.8) is 0 Å². The zero-order chi connectivity index (χ0) is 19.1. The van der Waals surface area contributed by atoms with Crippen LogP contribution in [0.1, 0.15) is 24.0 Å². The number of ether oxygens (including phenoxy) is 1. The first-order valence-electron chi connectivity index (χ1n) is 8.36. The van der Waals surface area contributed by atoms with Crippen molar-refractivity contribution in [1.82, 2.24) is 4.90 Å². The number of thioether (sulfide) groups is 1. The van der Waals surface area contributed by atoms with Crippen LogP contribution in [0.2, 0.25) is 5.02 Å². The van der Waals surface area contributed by atoms with Crippen molar-refractivity contribution in [3.8, 4) is 5.75 Å². The summed E-state index contributed by atoms with van der Waals surface area (Å²) >= 11 is 7.75. The van der Waals surface area contributed by atoms with Gasteiger partial charge >= 0.3 is 0 Å². The third-order valence-electron chi connectivity index (χ3n) is 3.97. The number of hydrogen-bond acceptors (Lipinski definition) is 3. The Labute approximate surface area is 163 Å². The molecule has 0 unspecified atom stereocenters. The highest BCUT2D eigenvalue weighted by molar-refractivity contribution is 7.99. The Bertz CT molecular complexity index is 752. The quantitative estimate of drug-likeness (QED) is 0.447. The number of amides is 1. The molecule has 1 amide bonds. The molecule has 0 saturated carbocycles. The van der Waals surface area contributed by atoms with Crippen molar-refractivity contribution in [1.29, 1.82) is 0 Å². The molecule has 2 rings (SSSR count). The molecule has 0 atom stereocenters. The summed E-state index contributed by atoms with van der Waals surface area (Å²) in [4.78, 5) is 15.1. The lowest BCUT2D eigenvalue weighted by atomic mass is 10.1. The average molecular weight is 396 g/mol. The van der Waals surface area contributed by atoms with Crippen LogP contribution >= 0.6 is 23.4 Å². The number of nitrogens with zero attached hydrogens (tertiary/aromatic N) is 1. The SMILES string of the molecule is COc1c(C)cc(Cl)cc1CN(C)C(=O)CCCSc1ccc(F)cc1. The monoisotopic (exact) mass is 395 g/mol. The highest BCUT2D eigenvalue weighted by atomic mass is 35.5. The Kier molecular flexibility index (Phi) is 7.79. The van der Waals surface area contributed by atoms with Gasteiger partial charge < -0.3 is 9.64 Å². The van der Waals surface area contributed by atoms with Crippen molar-refractivity contribution in [2.75, 3.05) is 19.9 Å². The van der Waals surface area contributed by atoms with Crippen LogP contribution in [0.5, 0.6) is 5.75 Å². The predicted octanol–water partition coefficient (Wildman–Crippen LogP) is 5.33. The zero-order valence-corrected chi connectivity index (χ0v) is 16.8. The fourth-order valence-corrected chi connectivity index (χ4v) is 3.84. The van der Waals surface area contributed by atoms with E-state index in [9.17, 15) is 9.18 Å². The molecule has 2 aromatic rings. The Hall–Kier alpha value is -1.72. The summed E-state index contributed by atoms with van der Waals surface area (Å²) in [5, 5.41) is 0.634. The molecule has 6 heteroatoms. The van der Waals surface area contributed by atoms with Gasteiger partial charge in [-0.2, -0.15) is 0 Å². The molecule has 0 aliphatic heterocycles. The first-order chi connectivity index (χ1) is 12.4. The van der Waals surface area contributed by atoms with Gasteiger partial charge in [-0.15, -0.1) is 11.8 Å². The van der Waals surface area contributed by atoms with Crippen LogP contribution in [0, 0.1) is 12.7 Å². The molecule has 0 bridgehead atoms. The molecule has 3 nitrogen and oxygen atoms in total. The van der Waals surface area contributed by atoms with Crippen LogP contribution in [0.15, 0.2) is 41.3 Å². The number of aryl methyl sites for hydroxylation is 1. The van der Waals surface area contributed by atoms with E-state index in [2.05, 4.69) is 0 Å². The summed E-state index contributed by atoms with van der Waals surface area (Å²) < 4.78 is 18.3. The third kappa shape index (κ3) is 5.92. The van der Waals surface area contributed by atoms with Gasteiger partial charge in [-0.25, -0.2) is 4.39 Å². The lowest BCUT2D eigenvalue weighted by molar-refractivity contribution is -0.130. The van der Waals surface area contributed by atoms with Crippen LogP contribution in [-0.2, 0) is 11.3 Å². The molecule has 0 saturated heterocycles. The maximum atomic E-state index is 12.9. The topological polar surface area (TPSA) is 29.5 Å². The minimum Gasteiger partial charge on any atom is -0.496 e. The smallest absolute Gasteiger partial charge is 0.222 e. The number of rotatable bonds is 8. The van der Waals surface area contributed by atoms with Crippen LogP contribution in [-0.4, -0.2) is 30.7 Å². The summed E-state index contributed by atoms with van der Waals surface area (Å²) in [6.45, 7) is 2.39. The van der Waals surface area contributed by atoms with Gasteiger partial charge in [0, 0.05) is 35.5 Å². The van der Waals surface area contributed by atoms with E-state index in [0.29, 0.717) is 18.0 Å². The Morgan fingerprint density at radius 2 is 1.96 bits per heavy atom. The van der Waals surface area contributed by atoms with Crippen LogP contribution < -0.4 is 4.74 Å². The molecule has 0 aliphatic carbocycles. The molecular formula is C20H23ClFNO2S. The van der Waals surface area contributed by atoms with E-state index in [1.807, 2.05) is 19.1 Å². The molecule has 140 valence electrons. The number of carbonyl (C=O) groups excluding carboxylic acids is 1. The van der Waals surface area contributed by atoms with Gasteiger partial charge in [-0.05, 0) is 61.1 Å². The molecule has 0 radical (unpaired) electrons. The van der Waals surface area contributed by atoms with Gasteiger partial charge in [0.25, 0.3) is 0 Å². The fraction of sp³-hybridized carbons (Fsp3) is 0.350. The van der Waals surface area contributed by atoms with E-state index >= 15 is 0 Å². The molecule has 0 aromatic heterocycles. The minimum atomic E-state index is -0.238. The zero-order valence-electron chi connectivity index (χ0n) is 15.2. The maximum absolute atomic E-state index is 12.9. The first kappa shape index (κ1) is 20.6. The van der Waals surface area contributed by atoms with Crippen LogP contribution in [0.25, 0.3) is 0 Å². The number of carbonyl (C=O) groups is 1. The van der Waals surface area contributed by atoms with Crippen molar-refractivity contribution >= 4 is 29.3 Å². The van der Waals surface area contributed by atoms with Gasteiger partial charge in [-0.1, -0.05) is 11.6 Å². The van der Waals surface area contributed by atoms with Gasteiger partial charge in [-0.3, -0.25) is 4.79 Å². The highest BCUT2D eigenvalue weighted by Gasteiger charge is 2.14. The Morgan fingerprint density at radius 3 is 2.62 bits per heavy atom. The molecule has 0 fully saturated rings. The van der Waals surface area contributed by atoms with Crippen molar-refractivity contribution in [3.05, 3.63) is 58.4 Å². The van der Waals surface area contributed by atoms with Gasteiger partial charge in [0.1, 0.15) is 11.6 Å². The summed E-state index contributed by atoms with van der Waals surface area (Å²) in [6.07, 6.45) is 1.23. The summed E-state index contributed by atoms with van der Waals surface area (Å²) in [6, 6.07) is 10.1. The third-order valence-corrected chi connectivity index (χ3v) is 5.29. The molecule has 0 heterocycles. The molecule has 26 heavy (non-hydrogen) atoms. The molecule has 0 aliphatic rings. The first-order valence-corrected chi connectivity index (χ1v) is 9.72. The second kappa shape index (κ2) is 9.83. The number of hydrogen-bond donors (Lipinski definition) is 0. The van der Waals surface area contributed by atoms with Gasteiger partial charge in [0.05, 0.1) is 7.11 Å². The van der Waals surface area contributed by atoms with Gasteiger partial charge in [0.2, 0.25) is 5.91 Å². The summed E-state index contributed by atoms with van der Waals surface area (Å²) in [5.74, 6) is 1.41. The Balaban J connectivity index is 1.83. The summed E-state index contributed by atoms with van der Waals surface area (Å²) in [7, 11) is 3.40. The second-order valence-electron chi connectivity index (χ2n) is 6.07. The Morgan fingerprint density at radius 1 is 1.27 bits per heavy atom. The highest BCUT2D eigenvalue weighted by Crippen LogP contribution is 2.28. The molecule has 0 spiro atoms. The van der Waals surface area contributed by atoms with E-state index in [4.69, 9.17) is 16.3 Å². The largest absolute Gasteiger partial charge is 0.496 e. The lowest BCUT2D eigenvalue weighted by Gasteiger charge is -2.20. The number of halogens is 2. The van der Waals surface area contributed by atoms with Crippen molar-refractivity contribution < 1.29 is 13.9 Å². The van der Waals surface area contributed by atoms with E-state index in [0.717, 1.165) is 33.9 Å². The molecular weight excluding hydrogens is 373 g/mol. The normalized spacial score (nSPS) is 10.7. The predicted molar refractivity (Wildman–Crippen MR) is 106 cm³/mol. The molecule has 0 N–H and O–H groups in total. The van der Waals surface area contributed by atoms with E-state index in [-0.39, 0.29) is 11.7 Å². The number of methoxy groups -OCH3 is 1. The average Bonchev–Trinajstić information content (AvgIpc) is 2.59. The standard InChI is InChI=1S/C20H23ClFNO2S/c1-14-11-16(21)12-15(20(14)25-3)13-23(2)19(24)5-4-10-26-18-8-6-17(22)7-9-18/h6-9,11-12H,4-5,10,13H2,1-3H3. The lowest BCUT2D eigenvalue weighted by Crippen LogP contribution is -2.26. The van der Waals surface area contributed by atoms with Gasteiger partial charge in [0.15, 0.2) is 0 Å². The molecule has 2 aromatic carbocycles. The maximum Gasteiger partial charge on any atom is 0.222 e.